The van der Waals surface area contributed by atoms with E-state index in [1.165, 1.54) is 13.2 Å². The molecule has 1 aromatic heterocycles. The van der Waals surface area contributed by atoms with Gasteiger partial charge in [0.05, 0.1) is 27.5 Å². The first-order valence-corrected chi connectivity index (χ1v) is 6.18. The van der Waals surface area contributed by atoms with Crippen molar-refractivity contribution >= 4 is 40.8 Å². The minimum absolute atomic E-state index is 0.0592. The summed E-state index contributed by atoms with van der Waals surface area (Å²) in [6.07, 6.45) is 1.18. The van der Waals surface area contributed by atoms with Crippen molar-refractivity contribution in [2.45, 2.75) is 0 Å². The van der Waals surface area contributed by atoms with Gasteiger partial charge in [-0.2, -0.15) is 5.10 Å². The number of aromatic nitrogens is 2. The predicted octanol–water partition coefficient (Wildman–Crippen LogP) is 2.68. The number of carbonyl (C=O) groups is 2. The molecule has 2 N–H and O–H groups in total. The summed E-state index contributed by atoms with van der Waals surface area (Å²) in [4.78, 5) is 23.2. The van der Waals surface area contributed by atoms with Crippen molar-refractivity contribution in [2.24, 2.45) is 7.05 Å². The van der Waals surface area contributed by atoms with E-state index in [9.17, 15) is 9.59 Å². The van der Waals surface area contributed by atoms with Gasteiger partial charge in [0.2, 0.25) is 0 Å². The zero-order valence-corrected chi connectivity index (χ0v) is 11.7. The van der Waals surface area contributed by atoms with Crippen LogP contribution in [-0.2, 0) is 7.05 Å². The van der Waals surface area contributed by atoms with E-state index in [4.69, 9.17) is 28.3 Å². The van der Waals surface area contributed by atoms with Crippen molar-refractivity contribution < 1.29 is 14.7 Å². The average Bonchev–Trinajstić information content (AvgIpc) is 2.77. The number of halogens is 2. The number of anilines is 1. The fourth-order valence-corrected chi connectivity index (χ4v) is 2.00. The molecule has 0 aliphatic heterocycles. The van der Waals surface area contributed by atoms with Crippen LogP contribution in [0.25, 0.3) is 0 Å². The van der Waals surface area contributed by atoms with E-state index >= 15 is 0 Å². The van der Waals surface area contributed by atoms with Gasteiger partial charge in [0.1, 0.15) is 0 Å². The molecule has 0 radical (unpaired) electrons. The number of carboxylic acid groups (broad SMARTS) is 1. The minimum atomic E-state index is -1.24. The summed E-state index contributed by atoms with van der Waals surface area (Å²) in [7, 11) is 1.44. The highest BCUT2D eigenvalue weighted by atomic mass is 35.5. The highest BCUT2D eigenvalue weighted by molar-refractivity contribution is 6.44. The van der Waals surface area contributed by atoms with Gasteiger partial charge in [0.15, 0.2) is 5.69 Å². The fourth-order valence-electron chi connectivity index (χ4n) is 1.65. The lowest BCUT2D eigenvalue weighted by atomic mass is 10.2. The van der Waals surface area contributed by atoms with Gasteiger partial charge in [-0.05, 0) is 12.1 Å². The number of amides is 1. The molecular weight excluding hydrogens is 305 g/mol. The maximum absolute atomic E-state index is 12.1. The lowest BCUT2D eigenvalue weighted by Gasteiger charge is -2.07. The van der Waals surface area contributed by atoms with Gasteiger partial charge in [-0.3, -0.25) is 9.48 Å². The van der Waals surface area contributed by atoms with Crippen LogP contribution in [0.15, 0.2) is 24.4 Å². The van der Waals surface area contributed by atoms with Crippen LogP contribution in [0.3, 0.4) is 0 Å². The summed E-state index contributed by atoms with van der Waals surface area (Å²) >= 11 is 11.8. The normalized spacial score (nSPS) is 10.3. The second kappa shape index (κ2) is 5.52. The Morgan fingerprint density at radius 3 is 2.70 bits per heavy atom. The fraction of sp³-hybridized carbons (Fsp3) is 0.0833. The second-order valence-corrected chi connectivity index (χ2v) is 4.68. The molecule has 0 saturated heterocycles. The SMILES string of the molecule is Cn1ncc(C(=O)Nc2cccc(Cl)c2Cl)c1C(=O)O. The smallest absolute Gasteiger partial charge is 0.354 e. The topological polar surface area (TPSA) is 84.2 Å². The molecular formula is C12H9Cl2N3O3. The van der Waals surface area contributed by atoms with Gasteiger partial charge in [-0.25, -0.2) is 4.79 Å². The summed E-state index contributed by atoms with van der Waals surface area (Å²) in [6.45, 7) is 0. The van der Waals surface area contributed by atoms with Gasteiger partial charge in [-0.15, -0.1) is 0 Å². The van der Waals surface area contributed by atoms with Crippen LogP contribution in [-0.4, -0.2) is 26.8 Å². The molecule has 1 amide bonds. The maximum Gasteiger partial charge on any atom is 0.354 e. The molecule has 0 spiro atoms. The van der Waals surface area contributed by atoms with Gasteiger partial charge >= 0.3 is 5.97 Å². The minimum Gasteiger partial charge on any atom is -0.477 e. The van der Waals surface area contributed by atoms with Crippen molar-refractivity contribution in [3.63, 3.8) is 0 Å². The van der Waals surface area contributed by atoms with E-state index < -0.39 is 11.9 Å². The Morgan fingerprint density at radius 1 is 1.35 bits per heavy atom. The van der Waals surface area contributed by atoms with Crippen LogP contribution in [0.2, 0.25) is 10.0 Å². The quantitative estimate of drug-likeness (QED) is 0.912. The Morgan fingerprint density at radius 2 is 2.05 bits per heavy atom. The molecule has 0 bridgehead atoms. The highest BCUT2D eigenvalue weighted by Crippen LogP contribution is 2.29. The number of aromatic carboxylic acids is 1. The number of carboxylic acids is 1. The molecule has 2 aromatic rings. The third-order valence-corrected chi connectivity index (χ3v) is 3.40. The van der Waals surface area contributed by atoms with Gasteiger partial charge in [0.25, 0.3) is 5.91 Å². The van der Waals surface area contributed by atoms with E-state index in [0.29, 0.717) is 5.69 Å². The molecule has 1 heterocycles. The number of hydrogen-bond acceptors (Lipinski definition) is 3. The third kappa shape index (κ3) is 2.61. The zero-order valence-electron chi connectivity index (χ0n) is 10.2. The van der Waals surface area contributed by atoms with Crippen LogP contribution in [0.4, 0.5) is 5.69 Å². The number of hydrogen-bond donors (Lipinski definition) is 2. The maximum atomic E-state index is 12.1. The van der Waals surface area contributed by atoms with Crippen molar-refractivity contribution in [1.29, 1.82) is 0 Å². The number of aryl methyl sites for hydroxylation is 1. The number of rotatable bonds is 3. The molecule has 0 aliphatic carbocycles. The molecule has 6 nitrogen and oxygen atoms in total. The Hall–Kier alpha value is -2.05. The van der Waals surface area contributed by atoms with E-state index in [2.05, 4.69) is 10.4 Å². The lowest BCUT2D eigenvalue weighted by Crippen LogP contribution is -2.17. The molecule has 1 aromatic carbocycles. The standard InChI is InChI=1S/C12H9Cl2N3O3/c1-17-10(12(19)20)6(5-15-17)11(18)16-8-4-2-3-7(13)9(8)14/h2-5H,1H3,(H,16,18)(H,19,20). The van der Waals surface area contributed by atoms with Gasteiger partial charge in [0, 0.05) is 7.05 Å². The molecule has 0 aliphatic rings. The summed E-state index contributed by atoms with van der Waals surface area (Å²) in [5.74, 6) is -1.87. The first-order valence-electron chi connectivity index (χ1n) is 5.42. The molecule has 0 atom stereocenters. The molecule has 0 unspecified atom stereocenters. The molecule has 0 saturated carbocycles. The Bertz CT molecular complexity index is 697. The first-order chi connectivity index (χ1) is 9.41. The number of benzene rings is 1. The lowest BCUT2D eigenvalue weighted by molar-refractivity contribution is 0.0680. The molecule has 20 heavy (non-hydrogen) atoms. The Kier molecular flexibility index (Phi) is 3.96. The second-order valence-electron chi connectivity index (χ2n) is 3.89. The zero-order chi connectivity index (χ0) is 14.9. The van der Waals surface area contributed by atoms with E-state index in [0.717, 1.165) is 4.68 Å². The van der Waals surface area contributed by atoms with Crippen LogP contribution < -0.4 is 5.32 Å². The molecule has 104 valence electrons. The molecule has 2 rings (SSSR count). The van der Waals surface area contributed by atoms with Crippen molar-refractivity contribution in [3.05, 3.63) is 45.7 Å². The summed E-state index contributed by atoms with van der Waals surface area (Å²) in [5, 5.41) is 15.8. The molecule has 8 heteroatoms. The number of nitrogens with one attached hydrogen (secondary N) is 1. The van der Waals surface area contributed by atoms with Crippen LogP contribution >= 0.6 is 23.2 Å². The van der Waals surface area contributed by atoms with E-state index in [-0.39, 0.29) is 21.3 Å². The average molecular weight is 314 g/mol. The monoisotopic (exact) mass is 313 g/mol. The Labute approximate surface area is 123 Å². The van der Waals surface area contributed by atoms with Crippen molar-refractivity contribution in [1.82, 2.24) is 9.78 Å². The van der Waals surface area contributed by atoms with Crippen LogP contribution in [0, 0.1) is 0 Å². The largest absolute Gasteiger partial charge is 0.477 e. The summed E-state index contributed by atoms with van der Waals surface area (Å²) < 4.78 is 1.11. The van der Waals surface area contributed by atoms with E-state index in [1.807, 2.05) is 0 Å². The number of carbonyl (C=O) groups excluding carboxylic acids is 1. The van der Waals surface area contributed by atoms with Crippen molar-refractivity contribution in [3.8, 4) is 0 Å². The highest BCUT2D eigenvalue weighted by Gasteiger charge is 2.22. The third-order valence-electron chi connectivity index (χ3n) is 2.59. The van der Waals surface area contributed by atoms with Gasteiger partial charge < -0.3 is 10.4 Å². The summed E-state index contributed by atoms with van der Waals surface area (Å²) in [5.41, 5.74) is 0.0288. The predicted molar refractivity (Wildman–Crippen MR) is 74.6 cm³/mol. The van der Waals surface area contributed by atoms with E-state index in [1.54, 1.807) is 18.2 Å². The van der Waals surface area contributed by atoms with Crippen LogP contribution in [0.1, 0.15) is 20.8 Å². The molecule has 0 fully saturated rings. The van der Waals surface area contributed by atoms with Gasteiger partial charge in [-0.1, -0.05) is 29.3 Å². The van der Waals surface area contributed by atoms with Crippen molar-refractivity contribution in [2.75, 3.05) is 5.32 Å². The van der Waals surface area contributed by atoms with Crippen LogP contribution in [0.5, 0.6) is 0 Å². The first kappa shape index (κ1) is 14.4. The summed E-state index contributed by atoms with van der Waals surface area (Å²) in [6, 6.07) is 4.75. The number of nitrogens with zero attached hydrogens (tertiary/aromatic N) is 2. The Balaban J connectivity index is 2.34.